The third-order valence-electron chi connectivity index (χ3n) is 4.63. The Morgan fingerprint density at radius 1 is 1.18 bits per heavy atom. The molecule has 1 fully saturated rings. The normalized spacial score (nSPS) is 26.1. The van der Waals surface area contributed by atoms with E-state index in [4.69, 9.17) is 4.74 Å². The molecule has 0 heterocycles. The lowest BCUT2D eigenvalue weighted by Gasteiger charge is -2.33. The quantitative estimate of drug-likeness (QED) is 0.620. The van der Waals surface area contributed by atoms with E-state index in [1.165, 1.54) is 5.56 Å². The van der Waals surface area contributed by atoms with Crippen molar-refractivity contribution in [2.45, 2.75) is 56.7 Å². The summed E-state index contributed by atoms with van der Waals surface area (Å²) in [7, 11) is 4.20. The molecule has 1 aromatic rings. The van der Waals surface area contributed by atoms with E-state index < -0.39 is 0 Å². The van der Waals surface area contributed by atoms with Crippen LogP contribution in [0.3, 0.4) is 0 Å². The molecule has 3 nitrogen and oxygen atoms in total. The van der Waals surface area contributed by atoms with E-state index in [0.29, 0.717) is 0 Å². The molecule has 0 aliphatic heterocycles. The van der Waals surface area contributed by atoms with Gasteiger partial charge in [0.05, 0.1) is 11.7 Å². The molecular formula is C19H31NO2. The first-order valence-corrected chi connectivity index (χ1v) is 8.60. The van der Waals surface area contributed by atoms with Crippen LogP contribution in [0.2, 0.25) is 0 Å². The molecule has 0 aromatic heterocycles. The second kappa shape index (κ2) is 8.66. The van der Waals surface area contributed by atoms with E-state index in [0.717, 1.165) is 58.1 Å². The fourth-order valence-corrected chi connectivity index (χ4v) is 3.37. The van der Waals surface area contributed by atoms with Crippen molar-refractivity contribution >= 4 is 0 Å². The van der Waals surface area contributed by atoms with E-state index in [1.54, 1.807) is 0 Å². The zero-order chi connectivity index (χ0) is 15.8. The predicted molar refractivity (Wildman–Crippen MR) is 91.1 cm³/mol. The first-order chi connectivity index (χ1) is 10.6. The Hall–Kier alpha value is -0.900. The minimum absolute atomic E-state index is 0.0921. The van der Waals surface area contributed by atoms with Crippen LogP contribution in [0.5, 0.6) is 0 Å². The first-order valence-electron chi connectivity index (χ1n) is 8.60. The number of aliphatic hydroxyl groups is 1. The zero-order valence-electron chi connectivity index (χ0n) is 14.1. The van der Waals surface area contributed by atoms with Crippen LogP contribution < -0.4 is 0 Å². The molecule has 0 saturated heterocycles. The van der Waals surface area contributed by atoms with Gasteiger partial charge in [0.15, 0.2) is 0 Å². The summed E-state index contributed by atoms with van der Waals surface area (Å²) in [6, 6.07) is 10.6. The minimum Gasteiger partial charge on any atom is -0.393 e. The molecule has 1 saturated carbocycles. The summed E-state index contributed by atoms with van der Waals surface area (Å²) in [5.41, 5.74) is 1.25. The van der Waals surface area contributed by atoms with Gasteiger partial charge in [0.2, 0.25) is 0 Å². The van der Waals surface area contributed by atoms with Crippen molar-refractivity contribution < 1.29 is 9.84 Å². The van der Waals surface area contributed by atoms with Gasteiger partial charge in [-0.1, -0.05) is 30.3 Å². The molecule has 0 radical (unpaired) electrons. The number of ether oxygens (including phenoxy) is 1. The fraction of sp³-hybridized carbons (Fsp3) is 0.684. The number of aliphatic hydroxyl groups excluding tert-OH is 1. The van der Waals surface area contributed by atoms with Gasteiger partial charge >= 0.3 is 0 Å². The van der Waals surface area contributed by atoms with Crippen LogP contribution in [0, 0.1) is 0 Å². The summed E-state index contributed by atoms with van der Waals surface area (Å²) in [5.74, 6) is 0. The SMILES string of the molecule is CN(C)CCCO[C@]1(Cc2ccccc2)CCC[C@H](O)CC1. The molecule has 1 aromatic carbocycles. The molecule has 0 amide bonds. The average Bonchev–Trinajstić information content (AvgIpc) is 2.67. The van der Waals surface area contributed by atoms with Crippen molar-refractivity contribution in [3.63, 3.8) is 0 Å². The second-order valence-electron chi connectivity index (χ2n) is 6.94. The van der Waals surface area contributed by atoms with Crippen LogP contribution in [-0.2, 0) is 11.2 Å². The second-order valence-corrected chi connectivity index (χ2v) is 6.94. The molecule has 0 unspecified atom stereocenters. The molecule has 3 heteroatoms. The molecule has 1 aliphatic rings. The fourth-order valence-electron chi connectivity index (χ4n) is 3.37. The Kier molecular flexibility index (Phi) is 6.87. The molecule has 1 aliphatic carbocycles. The maximum atomic E-state index is 9.97. The van der Waals surface area contributed by atoms with Gasteiger partial charge in [0.1, 0.15) is 0 Å². The summed E-state index contributed by atoms with van der Waals surface area (Å²) < 4.78 is 6.42. The van der Waals surface area contributed by atoms with Gasteiger partial charge in [0, 0.05) is 13.0 Å². The van der Waals surface area contributed by atoms with Gasteiger partial charge in [-0.2, -0.15) is 0 Å². The van der Waals surface area contributed by atoms with Crippen molar-refractivity contribution in [3.8, 4) is 0 Å². The van der Waals surface area contributed by atoms with Crippen molar-refractivity contribution in [2.24, 2.45) is 0 Å². The van der Waals surface area contributed by atoms with Crippen molar-refractivity contribution in [2.75, 3.05) is 27.2 Å². The highest BCUT2D eigenvalue weighted by Gasteiger charge is 2.33. The van der Waals surface area contributed by atoms with E-state index in [1.807, 2.05) is 0 Å². The lowest BCUT2D eigenvalue weighted by molar-refractivity contribution is -0.0597. The van der Waals surface area contributed by atoms with Crippen molar-refractivity contribution in [3.05, 3.63) is 35.9 Å². The van der Waals surface area contributed by atoms with Crippen molar-refractivity contribution in [1.82, 2.24) is 4.90 Å². The van der Waals surface area contributed by atoms with Gasteiger partial charge in [0.25, 0.3) is 0 Å². The maximum absolute atomic E-state index is 9.97. The number of hydrogen-bond acceptors (Lipinski definition) is 3. The average molecular weight is 305 g/mol. The molecule has 2 atom stereocenters. The minimum atomic E-state index is -0.150. The van der Waals surface area contributed by atoms with Gasteiger partial charge in [-0.15, -0.1) is 0 Å². The Morgan fingerprint density at radius 2 is 1.95 bits per heavy atom. The zero-order valence-corrected chi connectivity index (χ0v) is 14.1. The smallest absolute Gasteiger partial charge is 0.0723 e. The van der Waals surface area contributed by atoms with E-state index in [2.05, 4.69) is 49.3 Å². The molecule has 0 spiro atoms. The van der Waals surface area contributed by atoms with Crippen LogP contribution >= 0.6 is 0 Å². The summed E-state index contributed by atoms with van der Waals surface area (Å²) >= 11 is 0. The summed E-state index contributed by atoms with van der Waals surface area (Å²) in [5, 5.41) is 9.97. The Labute approximate surface area is 135 Å². The number of benzene rings is 1. The van der Waals surface area contributed by atoms with Crippen LogP contribution in [0.15, 0.2) is 30.3 Å². The third kappa shape index (κ3) is 5.71. The standard InChI is InChI=1S/C19H31NO2/c1-20(2)14-7-15-22-19(12-6-10-18(21)11-13-19)16-17-8-4-3-5-9-17/h3-5,8-9,18,21H,6-7,10-16H2,1-2H3/t18-,19+/m0/s1. The highest BCUT2D eigenvalue weighted by Crippen LogP contribution is 2.34. The van der Waals surface area contributed by atoms with Gasteiger partial charge in [-0.3, -0.25) is 0 Å². The number of rotatable bonds is 7. The summed E-state index contributed by atoms with van der Waals surface area (Å²) in [4.78, 5) is 2.20. The Bertz CT molecular complexity index is 421. The maximum Gasteiger partial charge on any atom is 0.0723 e. The first kappa shape index (κ1) is 17.5. The lowest BCUT2D eigenvalue weighted by atomic mass is 9.87. The van der Waals surface area contributed by atoms with Crippen LogP contribution in [0.1, 0.15) is 44.1 Å². The highest BCUT2D eigenvalue weighted by molar-refractivity contribution is 5.17. The molecule has 0 bridgehead atoms. The predicted octanol–water partition coefficient (Wildman–Crippen LogP) is 3.26. The third-order valence-corrected chi connectivity index (χ3v) is 4.63. The molecule has 124 valence electrons. The summed E-state index contributed by atoms with van der Waals surface area (Å²) in [6.07, 6.45) is 6.73. The Balaban J connectivity index is 1.99. The number of nitrogens with zero attached hydrogens (tertiary/aromatic N) is 1. The molecule has 2 rings (SSSR count). The van der Waals surface area contributed by atoms with Crippen LogP contribution in [0.25, 0.3) is 0 Å². The molecule has 22 heavy (non-hydrogen) atoms. The summed E-state index contributed by atoms with van der Waals surface area (Å²) in [6.45, 7) is 1.87. The lowest BCUT2D eigenvalue weighted by Crippen LogP contribution is -2.36. The van der Waals surface area contributed by atoms with Crippen LogP contribution in [0.4, 0.5) is 0 Å². The largest absolute Gasteiger partial charge is 0.393 e. The van der Waals surface area contributed by atoms with Gasteiger partial charge < -0.3 is 14.7 Å². The van der Waals surface area contributed by atoms with Gasteiger partial charge in [-0.25, -0.2) is 0 Å². The van der Waals surface area contributed by atoms with E-state index >= 15 is 0 Å². The van der Waals surface area contributed by atoms with E-state index in [9.17, 15) is 5.11 Å². The van der Waals surface area contributed by atoms with Gasteiger partial charge in [-0.05, 0) is 64.7 Å². The number of hydrogen-bond donors (Lipinski definition) is 1. The molecular weight excluding hydrogens is 274 g/mol. The van der Waals surface area contributed by atoms with Crippen molar-refractivity contribution in [1.29, 1.82) is 0 Å². The molecule has 1 N–H and O–H groups in total. The highest BCUT2D eigenvalue weighted by atomic mass is 16.5. The van der Waals surface area contributed by atoms with Crippen LogP contribution in [-0.4, -0.2) is 49.0 Å². The topological polar surface area (TPSA) is 32.7 Å². The van der Waals surface area contributed by atoms with E-state index in [-0.39, 0.29) is 11.7 Å². The monoisotopic (exact) mass is 305 g/mol. The Morgan fingerprint density at radius 3 is 2.68 bits per heavy atom.